The number of rotatable bonds is 8. The fourth-order valence-corrected chi connectivity index (χ4v) is 5.56. The molecule has 3 rings (SSSR count). The predicted molar refractivity (Wildman–Crippen MR) is 116 cm³/mol. The van der Waals surface area contributed by atoms with Gasteiger partial charge in [-0.2, -0.15) is 0 Å². The molecule has 2 aliphatic heterocycles. The zero-order valence-electron chi connectivity index (χ0n) is 17.9. The van der Waals surface area contributed by atoms with Crippen molar-refractivity contribution in [2.75, 3.05) is 7.11 Å². The molecule has 2 aliphatic rings. The van der Waals surface area contributed by atoms with Crippen LogP contribution in [-0.2, 0) is 30.4 Å². The van der Waals surface area contributed by atoms with Crippen LogP contribution in [0.2, 0.25) is 0 Å². The molecule has 1 fully saturated rings. The second kappa shape index (κ2) is 10.0. The third-order valence-corrected chi connectivity index (χ3v) is 7.17. The Morgan fingerprint density at radius 2 is 2.09 bits per heavy atom. The Kier molecular flexibility index (Phi) is 7.59. The molecule has 1 aromatic rings. The summed E-state index contributed by atoms with van der Waals surface area (Å²) in [6, 6.07) is -0.380. The maximum atomic E-state index is 12.9. The van der Waals surface area contributed by atoms with E-state index in [9.17, 15) is 24.6 Å². The van der Waals surface area contributed by atoms with Crippen molar-refractivity contribution in [2.24, 2.45) is 11.8 Å². The summed E-state index contributed by atoms with van der Waals surface area (Å²) in [7, 11) is 1.13. The van der Waals surface area contributed by atoms with Crippen LogP contribution in [0, 0.1) is 11.8 Å². The number of nitrogens with zero attached hydrogens (tertiary/aromatic N) is 2. The quantitative estimate of drug-likeness (QED) is 0.321. The number of β-lactam (4-membered cyclic amide) rings is 1. The topological polar surface area (TPSA) is 135 Å². The number of thioether (sulfide) groups is 1. The number of ether oxygens (including phenoxy) is 3. The Balaban J connectivity index is 1.86. The normalized spacial score (nSPS) is 24.2. The molecule has 0 spiro atoms. The summed E-state index contributed by atoms with van der Waals surface area (Å²) in [5.74, 6) is -2.05. The monoisotopic (exact) mass is 484 g/mol. The minimum Gasteiger partial charge on any atom is -0.438 e. The van der Waals surface area contributed by atoms with E-state index < -0.39 is 30.4 Å². The first-order valence-corrected chi connectivity index (χ1v) is 11.5. The molecule has 174 valence electrons. The minimum atomic E-state index is -1.23. The first-order valence-electron chi connectivity index (χ1n) is 9.78. The van der Waals surface area contributed by atoms with Crippen molar-refractivity contribution in [1.82, 2.24) is 9.88 Å². The first-order chi connectivity index (χ1) is 15.2. The molecule has 5 atom stereocenters. The van der Waals surface area contributed by atoms with Crippen molar-refractivity contribution in [3.63, 3.8) is 0 Å². The average molecular weight is 485 g/mol. The Hall–Kier alpha value is -2.41. The molecule has 2 N–H and O–H groups in total. The van der Waals surface area contributed by atoms with Gasteiger partial charge in [-0.3, -0.25) is 4.79 Å². The maximum absolute atomic E-state index is 12.9. The third kappa shape index (κ3) is 4.53. The molecule has 1 saturated heterocycles. The van der Waals surface area contributed by atoms with Gasteiger partial charge in [0, 0.05) is 17.7 Å². The second-order valence-corrected chi connectivity index (χ2v) is 9.09. The van der Waals surface area contributed by atoms with Crippen molar-refractivity contribution in [3.05, 3.63) is 32.1 Å². The van der Waals surface area contributed by atoms with Gasteiger partial charge in [0.25, 0.3) is 0 Å². The zero-order chi connectivity index (χ0) is 23.6. The van der Waals surface area contributed by atoms with Gasteiger partial charge < -0.3 is 29.3 Å². The molecule has 0 radical (unpaired) electrons. The summed E-state index contributed by atoms with van der Waals surface area (Å²) in [5.41, 5.74) is 2.23. The van der Waals surface area contributed by atoms with Crippen LogP contribution in [0.1, 0.15) is 31.3 Å². The lowest BCUT2D eigenvalue weighted by atomic mass is 9.79. The summed E-state index contributed by atoms with van der Waals surface area (Å²) in [6.45, 7) is 4.58. The van der Waals surface area contributed by atoms with E-state index in [1.165, 1.54) is 34.9 Å². The van der Waals surface area contributed by atoms with Crippen molar-refractivity contribution in [2.45, 2.75) is 45.8 Å². The van der Waals surface area contributed by atoms with E-state index in [1.54, 1.807) is 23.9 Å². The number of fused-ring (bicyclic) bond motifs is 1. The molecule has 0 bridgehead atoms. The summed E-state index contributed by atoms with van der Waals surface area (Å²) >= 11 is 2.60. The number of hydrogen-bond acceptors (Lipinski definition) is 11. The number of carbonyl (C=O) groups excluding carboxylic acids is 3. The standard InChI is InChI=1S/C20H24N2O8S2/c1-9-15-14(10(2)24)18(25)22(15)16(19(26)29-11(3)30-20(27)28-4)17(9)31-6-5-13-12(7-23)21-8-32-13/h5-6,8-11,14-15,23-24H,7H2,1-4H3/b6-5-/t9-,10-,11?,14-,15-/m1/s1. The highest BCUT2D eigenvalue weighted by Crippen LogP contribution is 2.51. The summed E-state index contributed by atoms with van der Waals surface area (Å²) in [5, 5.41) is 21.1. The van der Waals surface area contributed by atoms with Crippen molar-refractivity contribution < 1.29 is 38.8 Å². The molecule has 0 aliphatic carbocycles. The van der Waals surface area contributed by atoms with Crippen LogP contribution in [0.15, 0.2) is 21.5 Å². The van der Waals surface area contributed by atoms with E-state index in [1.807, 2.05) is 6.92 Å². The Morgan fingerprint density at radius 3 is 2.72 bits per heavy atom. The number of esters is 1. The van der Waals surface area contributed by atoms with Crippen LogP contribution >= 0.6 is 23.1 Å². The number of hydrogen-bond donors (Lipinski definition) is 2. The Bertz CT molecular complexity index is 957. The predicted octanol–water partition coefficient (Wildman–Crippen LogP) is 2.08. The van der Waals surface area contributed by atoms with Gasteiger partial charge in [0.2, 0.25) is 12.2 Å². The Morgan fingerprint density at radius 1 is 1.38 bits per heavy atom. The Labute approximate surface area is 192 Å². The van der Waals surface area contributed by atoms with E-state index in [2.05, 4.69) is 9.72 Å². The van der Waals surface area contributed by atoms with Gasteiger partial charge in [-0.15, -0.1) is 11.3 Å². The van der Waals surface area contributed by atoms with Crippen LogP contribution in [0.25, 0.3) is 6.08 Å². The van der Waals surface area contributed by atoms with Gasteiger partial charge in [0.15, 0.2) is 0 Å². The molecule has 1 amide bonds. The van der Waals surface area contributed by atoms with E-state index in [0.717, 1.165) is 12.0 Å². The van der Waals surface area contributed by atoms with Crippen LogP contribution in [0.5, 0.6) is 0 Å². The third-order valence-electron chi connectivity index (χ3n) is 5.24. The molecule has 0 saturated carbocycles. The van der Waals surface area contributed by atoms with Gasteiger partial charge in [-0.05, 0) is 18.4 Å². The largest absolute Gasteiger partial charge is 0.511 e. The van der Waals surface area contributed by atoms with Gasteiger partial charge in [0.05, 0.1) is 47.9 Å². The van der Waals surface area contributed by atoms with Crippen LogP contribution in [-0.4, -0.2) is 63.7 Å². The van der Waals surface area contributed by atoms with Crippen LogP contribution in [0.4, 0.5) is 4.79 Å². The van der Waals surface area contributed by atoms with Gasteiger partial charge in [0.1, 0.15) is 5.70 Å². The lowest BCUT2D eigenvalue weighted by Crippen LogP contribution is -2.63. The maximum Gasteiger partial charge on any atom is 0.511 e. The van der Waals surface area contributed by atoms with Crippen molar-refractivity contribution >= 4 is 47.2 Å². The smallest absolute Gasteiger partial charge is 0.438 e. The van der Waals surface area contributed by atoms with E-state index in [-0.39, 0.29) is 30.2 Å². The van der Waals surface area contributed by atoms with Gasteiger partial charge in [-0.1, -0.05) is 18.7 Å². The zero-order valence-corrected chi connectivity index (χ0v) is 19.5. The molecular weight excluding hydrogens is 460 g/mol. The first kappa shape index (κ1) is 24.2. The lowest BCUT2D eigenvalue weighted by molar-refractivity contribution is -0.173. The number of carbonyl (C=O) groups is 3. The molecule has 1 aromatic heterocycles. The highest BCUT2D eigenvalue weighted by atomic mass is 32.2. The fraction of sp³-hybridized carbons (Fsp3) is 0.500. The molecule has 1 unspecified atom stereocenters. The van der Waals surface area contributed by atoms with Gasteiger partial charge >= 0.3 is 12.1 Å². The van der Waals surface area contributed by atoms with Crippen LogP contribution < -0.4 is 0 Å². The van der Waals surface area contributed by atoms with Crippen molar-refractivity contribution in [1.29, 1.82) is 0 Å². The highest BCUT2D eigenvalue weighted by Gasteiger charge is 2.60. The number of aliphatic hydroxyl groups is 2. The van der Waals surface area contributed by atoms with Gasteiger partial charge in [-0.25, -0.2) is 14.6 Å². The second-order valence-electron chi connectivity index (χ2n) is 7.25. The molecular formula is C20H24N2O8S2. The number of methoxy groups -OCH3 is 1. The summed E-state index contributed by atoms with van der Waals surface area (Å²) < 4.78 is 14.4. The van der Waals surface area contributed by atoms with Crippen molar-refractivity contribution in [3.8, 4) is 0 Å². The summed E-state index contributed by atoms with van der Waals surface area (Å²) in [6.07, 6.45) is -1.34. The fourth-order valence-electron chi connectivity index (χ4n) is 3.79. The average Bonchev–Trinajstić information content (AvgIpc) is 3.28. The number of amides is 1. The lowest BCUT2D eigenvalue weighted by Gasteiger charge is -2.46. The molecule has 32 heavy (non-hydrogen) atoms. The number of aliphatic hydroxyl groups excluding tert-OH is 2. The van der Waals surface area contributed by atoms with E-state index in [0.29, 0.717) is 10.6 Å². The van der Waals surface area contributed by atoms with E-state index in [4.69, 9.17) is 9.47 Å². The number of thiazole rings is 1. The van der Waals surface area contributed by atoms with Crippen LogP contribution in [0.3, 0.4) is 0 Å². The molecule has 10 nitrogen and oxygen atoms in total. The SMILES string of the molecule is COC(=O)OC(C)OC(=O)C1=C(S/C=C\c2scnc2CO)[C@H](C)[C@@H]2[C@@H]([C@@H](C)O)C(=O)N12. The number of aromatic nitrogens is 1. The molecule has 12 heteroatoms. The highest BCUT2D eigenvalue weighted by molar-refractivity contribution is 8.06. The molecule has 3 heterocycles. The summed E-state index contributed by atoms with van der Waals surface area (Å²) in [4.78, 5) is 43.7. The minimum absolute atomic E-state index is 0.0612. The van der Waals surface area contributed by atoms with E-state index >= 15 is 0 Å². The molecule has 0 aromatic carbocycles.